The van der Waals surface area contributed by atoms with Gasteiger partial charge in [-0.2, -0.15) is 0 Å². The lowest BCUT2D eigenvalue weighted by Crippen LogP contribution is -2.26. The molecule has 31 heavy (non-hydrogen) atoms. The topological polar surface area (TPSA) is 104 Å². The van der Waals surface area contributed by atoms with Crippen LogP contribution < -0.4 is 15.4 Å². The summed E-state index contributed by atoms with van der Waals surface area (Å²) in [4.78, 5) is 25.5. The molecule has 0 saturated carbocycles. The number of rotatable bonds is 5. The van der Waals surface area contributed by atoms with Crippen LogP contribution in [0, 0.1) is 0 Å². The number of hydrogen-bond donors (Lipinski definition) is 3. The van der Waals surface area contributed by atoms with Crippen molar-refractivity contribution < 1.29 is 18.0 Å². The largest absolute Gasteiger partial charge is 0.324 e. The molecule has 0 fully saturated rings. The van der Waals surface area contributed by atoms with E-state index in [-0.39, 0.29) is 22.0 Å². The van der Waals surface area contributed by atoms with E-state index in [1.807, 2.05) is 6.92 Å². The molecule has 1 aliphatic rings. The van der Waals surface area contributed by atoms with Crippen LogP contribution in [0.15, 0.2) is 82.6 Å². The third-order valence-corrected chi connectivity index (χ3v) is 7.20. The van der Waals surface area contributed by atoms with Crippen LogP contribution in [0.1, 0.15) is 17.3 Å². The van der Waals surface area contributed by atoms with Crippen molar-refractivity contribution in [1.29, 1.82) is 0 Å². The summed E-state index contributed by atoms with van der Waals surface area (Å²) in [5.41, 5.74) is 1.91. The third kappa shape index (κ3) is 4.73. The Bertz CT molecular complexity index is 1240. The zero-order valence-electron chi connectivity index (χ0n) is 16.5. The molecule has 3 aromatic carbocycles. The molecular formula is C22H19N3O4S2. The fourth-order valence-electron chi connectivity index (χ4n) is 2.99. The van der Waals surface area contributed by atoms with Gasteiger partial charge in [-0.05, 0) is 61.5 Å². The second kappa shape index (κ2) is 8.44. The van der Waals surface area contributed by atoms with Crippen molar-refractivity contribution in [3.05, 3.63) is 78.4 Å². The van der Waals surface area contributed by atoms with Gasteiger partial charge in [0.2, 0.25) is 5.91 Å². The quantitative estimate of drug-likeness (QED) is 0.538. The first kappa shape index (κ1) is 21.0. The van der Waals surface area contributed by atoms with Gasteiger partial charge in [0.1, 0.15) is 0 Å². The highest BCUT2D eigenvalue weighted by atomic mass is 32.2. The normalized spacial score (nSPS) is 15.5. The van der Waals surface area contributed by atoms with E-state index in [1.165, 1.54) is 36.0 Å². The summed E-state index contributed by atoms with van der Waals surface area (Å²) in [6, 6.07) is 19.6. The first-order chi connectivity index (χ1) is 14.8. The van der Waals surface area contributed by atoms with Crippen LogP contribution in [0.2, 0.25) is 0 Å². The Hall–Kier alpha value is -3.30. The maximum atomic E-state index is 12.6. The first-order valence-electron chi connectivity index (χ1n) is 9.43. The minimum Gasteiger partial charge on any atom is -0.324 e. The number of anilines is 3. The molecule has 0 radical (unpaired) electrons. The summed E-state index contributed by atoms with van der Waals surface area (Å²) in [5.74, 6) is -0.463. The zero-order chi connectivity index (χ0) is 22.0. The van der Waals surface area contributed by atoms with E-state index in [0.717, 1.165) is 4.90 Å². The van der Waals surface area contributed by atoms with Crippen LogP contribution in [0.3, 0.4) is 0 Å². The maximum absolute atomic E-state index is 12.6. The molecule has 3 aromatic rings. The van der Waals surface area contributed by atoms with Crippen molar-refractivity contribution in [3.63, 3.8) is 0 Å². The van der Waals surface area contributed by atoms with Crippen LogP contribution in [0.5, 0.6) is 0 Å². The number of para-hydroxylation sites is 1. The Labute approximate surface area is 184 Å². The molecule has 3 N–H and O–H groups in total. The van der Waals surface area contributed by atoms with E-state index >= 15 is 0 Å². The minimum atomic E-state index is -3.74. The SMILES string of the molecule is C[C@H]1Sc2ccc(C(=O)Nc3ccc(S(=O)(=O)Nc4ccccc4)cc3)cc2NC1=O. The average molecular weight is 454 g/mol. The van der Waals surface area contributed by atoms with E-state index in [4.69, 9.17) is 0 Å². The van der Waals surface area contributed by atoms with Crippen molar-refractivity contribution in [2.45, 2.75) is 22.0 Å². The standard InChI is InChI=1S/C22H19N3O4S2/c1-14-21(26)24-19-13-15(7-12-20(19)30-14)22(27)23-16-8-10-18(11-9-16)31(28,29)25-17-5-3-2-4-6-17/h2-14,25H,1H3,(H,23,27)(H,24,26)/t14-/m1/s1. The van der Waals surface area contributed by atoms with E-state index in [9.17, 15) is 18.0 Å². The Morgan fingerprint density at radius 2 is 1.68 bits per heavy atom. The Kier molecular flexibility index (Phi) is 5.71. The maximum Gasteiger partial charge on any atom is 0.261 e. The number of thioether (sulfide) groups is 1. The van der Waals surface area contributed by atoms with Gasteiger partial charge in [-0.15, -0.1) is 11.8 Å². The number of hydrogen-bond acceptors (Lipinski definition) is 5. The molecule has 0 spiro atoms. The molecule has 158 valence electrons. The molecule has 0 aliphatic carbocycles. The van der Waals surface area contributed by atoms with Crippen molar-refractivity contribution >= 4 is 50.7 Å². The third-order valence-electron chi connectivity index (χ3n) is 4.62. The summed E-state index contributed by atoms with van der Waals surface area (Å²) >= 11 is 1.44. The monoisotopic (exact) mass is 453 g/mol. The number of carbonyl (C=O) groups is 2. The van der Waals surface area contributed by atoms with Gasteiger partial charge >= 0.3 is 0 Å². The molecule has 9 heteroatoms. The van der Waals surface area contributed by atoms with Crippen LogP contribution in [-0.2, 0) is 14.8 Å². The predicted molar refractivity (Wildman–Crippen MR) is 122 cm³/mol. The Morgan fingerprint density at radius 3 is 2.39 bits per heavy atom. The number of amides is 2. The van der Waals surface area contributed by atoms with Crippen LogP contribution in [0.4, 0.5) is 17.1 Å². The molecule has 0 aromatic heterocycles. The second-order valence-electron chi connectivity index (χ2n) is 6.91. The van der Waals surface area contributed by atoms with Crippen LogP contribution in [-0.4, -0.2) is 25.5 Å². The summed E-state index contributed by atoms with van der Waals surface area (Å²) in [7, 11) is -3.74. The molecule has 4 rings (SSSR count). The number of fused-ring (bicyclic) bond motifs is 1. The molecule has 1 atom stereocenters. The smallest absolute Gasteiger partial charge is 0.261 e. The van der Waals surface area contributed by atoms with Gasteiger partial charge in [0, 0.05) is 21.8 Å². The molecule has 2 amide bonds. The van der Waals surface area contributed by atoms with Gasteiger partial charge in [-0.25, -0.2) is 8.42 Å². The molecule has 1 aliphatic heterocycles. The second-order valence-corrected chi connectivity index (χ2v) is 9.98. The van der Waals surface area contributed by atoms with Gasteiger partial charge in [-0.1, -0.05) is 18.2 Å². The van der Waals surface area contributed by atoms with Crippen LogP contribution in [0.25, 0.3) is 0 Å². The van der Waals surface area contributed by atoms with Gasteiger partial charge in [0.15, 0.2) is 0 Å². The number of sulfonamides is 1. The lowest BCUT2D eigenvalue weighted by atomic mass is 10.1. The summed E-state index contributed by atoms with van der Waals surface area (Å²) in [6.07, 6.45) is 0. The number of benzene rings is 3. The predicted octanol–water partition coefficient (Wildman–Crippen LogP) is 4.17. The van der Waals surface area contributed by atoms with Crippen molar-refractivity contribution in [2.75, 3.05) is 15.4 Å². The Morgan fingerprint density at radius 1 is 0.968 bits per heavy atom. The highest BCUT2D eigenvalue weighted by Crippen LogP contribution is 2.36. The van der Waals surface area contributed by atoms with Crippen LogP contribution >= 0.6 is 11.8 Å². The van der Waals surface area contributed by atoms with Gasteiger partial charge < -0.3 is 10.6 Å². The van der Waals surface area contributed by atoms with E-state index in [1.54, 1.807) is 48.5 Å². The lowest BCUT2D eigenvalue weighted by Gasteiger charge is -2.21. The fraction of sp³-hybridized carbons (Fsp3) is 0.0909. The van der Waals surface area contributed by atoms with Gasteiger partial charge in [-0.3, -0.25) is 14.3 Å². The Balaban J connectivity index is 1.46. The molecule has 7 nitrogen and oxygen atoms in total. The van der Waals surface area contributed by atoms with Gasteiger partial charge in [0.05, 0.1) is 15.8 Å². The lowest BCUT2D eigenvalue weighted by molar-refractivity contribution is -0.115. The van der Waals surface area contributed by atoms with E-state index in [2.05, 4.69) is 15.4 Å². The average Bonchev–Trinajstić information content (AvgIpc) is 2.75. The first-order valence-corrected chi connectivity index (χ1v) is 11.8. The number of nitrogens with one attached hydrogen (secondary N) is 3. The number of carbonyl (C=O) groups excluding carboxylic acids is 2. The summed E-state index contributed by atoms with van der Waals surface area (Å²) in [5, 5.41) is 5.36. The zero-order valence-corrected chi connectivity index (χ0v) is 18.1. The molecular weight excluding hydrogens is 434 g/mol. The molecule has 1 heterocycles. The van der Waals surface area contributed by atoms with Gasteiger partial charge in [0.25, 0.3) is 15.9 Å². The fourth-order valence-corrected chi connectivity index (χ4v) is 4.98. The highest BCUT2D eigenvalue weighted by Gasteiger charge is 2.24. The highest BCUT2D eigenvalue weighted by molar-refractivity contribution is 8.01. The molecule has 0 saturated heterocycles. The van der Waals surface area contributed by atoms with E-state index < -0.39 is 10.0 Å². The molecule has 0 bridgehead atoms. The van der Waals surface area contributed by atoms with E-state index in [0.29, 0.717) is 22.6 Å². The molecule has 0 unspecified atom stereocenters. The summed E-state index contributed by atoms with van der Waals surface area (Å²) < 4.78 is 27.5. The van der Waals surface area contributed by atoms with Crippen molar-refractivity contribution in [2.24, 2.45) is 0 Å². The summed E-state index contributed by atoms with van der Waals surface area (Å²) in [6.45, 7) is 1.82. The minimum absolute atomic E-state index is 0.0805. The van der Waals surface area contributed by atoms with Crippen molar-refractivity contribution in [3.8, 4) is 0 Å². The van der Waals surface area contributed by atoms with Crippen molar-refractivity contribution in [1.82, 2.24) is 0 Å².